The molecular formula is C32H33N3O4. The molecule has 4 aromatic rings. The number of carbonyl (C=O) groups is 2. The van der Waals surface area contributed by atoms with Crippen molar-refractivity contribution in [3.05, 3.63) is 89.3 Å². The summed E-state index contributed by atoms with van der Waals surface area (Å²) in [5, 5.41) is 11.1. The third-order valence-corrected chi connectivity index (χ3v) is 7.33. The predicted molar refractivity (Wildman–Crippen MR) is 153 cm³/mol. The molecule has 1 aliphatic heterocycles. The Labute approximate surface area is 228 Å². The maximum absolute atomic E-state index is 12.9. The maximum Gasteiger partial charge on any atom is 0.253 e. The van der Waals surface area contributed by atoms with Crippen LogP contribution in [0.2, 0.25) is 0 Å². The van der Waals surface area contributed by atoms with Gasteiger partial charge in [0.15, 0.2) is 5.78 Å². The van der Waals surface area contributed by atoms with Gasteiger partial charge < -0.3 is 20.2 Å². The number of benzene rings is 2. The van der Waals surface area contributed by atoms with Gasteiger partial charge in [0.1, 0.15) is 17.2 Å². The second kappa shape index (κ2) is 10.9. The molecule has 1 fully saturated rings. The zero-order chi connectivity index (χ0) is 27.6. The Kier molecular flexibility index (Phi) is 7.35. The van der Waals surface area contributed by atoms with Crippen molar-refractivity contribution in [2.45, 2.75) is 45.1 Å². The molecule has 39 heavy (non-hydrogen) atoms. The first kappa shape index (κ1) is 26.4. The Balaban J connectivity index is 1.24. The molecule has 1 saturated heterocycles. The van der Waals surface area contributed by atoms with E-state index in [0.29, 0.717) is 50.2 Å². The van der Waals surface area contributed by atoms with Crippen LogP contribution in [0.4, 0.5) is 5.82 Å². The number of nitrogens with two attached hydrogens (primary N) is 1. The van der Waals surface area contributed by atoms with Crippen molar-refractivity contribution in [3.63, 3.8) is 0 Å². The third-order valence-electron chi connectivity index (χ3n) is 7.33. The molecule has 3 heterocycles. The van der Waals surface area contributed by atoms with Crippen LogP contribution in [0.5, 0.6) is 0 Å². The van der Waals surface area contributed by atoms with Crippen molar-refractivity contribution in [1.82, 2.24) is 9.88 Å². The number of hydrogen-bond acceptors (Lipinski definition) is 6. The number of ketones is 1. The van der Waals surface area contributed by atoms with Gasteiger partial charge in [0.2, 0.25) is 0 Å². The Morgan fingerprint density at radius 2 is 1.82 bits per heavy atom. The molecule has 0 spiro atoms. The van der Waals surface area contributed by atoms with Gasteiger partial charge >= 0.3 is 0 Å². The summed E-state index contributed by atoms with van der Waals surface area (Å²) in [6, 6.07) is 17.3. The molecule has 0 unspecified atom stereocenters. The first-order valence-electron chi connectivity index (χ1n) is 13.2. The highest BCUT2D eigenvalue weighted by atomic mass is 16.3. The van der Waals surface area contributed by atoms with Gasteiger partial charge in [-0.2, -0.15) is 0 Å². The summed E-state index contributed by atoms with van der Waals surface area (Å²) < 4.78 is 6.08. The SMILES string of the molecule is Cc1cc(-c2ccc(C(=O)N3CCC(C)(O)CC3)cc2)cc2cc(CCC(=O)/C=C/c3ccc(N)nc3)oc12. The summed E-state index contributed by atoms with van der Waals surface area (Å²) in [5.41, 5.74) is 10.3. The number of aliphatic hydroxyl groups is 1. The topological polar surface area (TPSA) is 110 Å². The largest absolute Gasteiger partial charge is 0.461 e. The molecule has 2 aromatic carbocycles. The fraction of sp³-hybridized carbons (Fsp3) is 0.281. The number of amides is 1. The lowest BCUT2D eigenvalue weighted by Gasteiger charge is -2.35. The molecule has 7 nitrogen and oxygen atoms in total. The van der Waals surface area contributed by atoms with Crippen LogP contribution in [0.3, 0.4) is 0 Å². The monoisotopic (exact) mass is 523 g/mol. The minimum Gasteiger partial charge on any atom is -0.461 e. The lowest BCUT2D eigenvalue weighted by atomic mass is 9.93. The van der Waals surface area contributed by atoms with E-state index < -0.39 is 5.60 Å². The van der Waals surface area contributed by atoms with E-state index in [1.54, 1.807) is 24.4 Å². The fourth-order valence-corrected chi connectivity index (χ4v) is 4.89. The summed E-state index contributed by atoms with van der Waals surface area (Å²) in [6.45, 7) is 4.96. The lowest BCUT2D eigenvalue weighted by Crippen LogP contribution is -2.45. The van der Waals surface area contributed by atoms with Crippen molar-refractivity contribution in [2.24, 2.45) is 0 Å². The highest BCUT2D eigenvalue weighted by molar-refractivity contribution is 5.95. The Morgan fingerprint density at radius 1 is 1.08 bits per heavy atom. The molecule has 0 aliphatic carbocycles. The van der Waals surface area contributed by atoms with Gasteiger partial charge in [-0.25, -0.2) is 4.98 Å². The van der Waals surface area contributed by atoms with Gasteiger partial charge in [0, 0.05) is 43.1 Å². The number of carbonyl (C=O) groups excluding carboxylic acids is 2. The van der Waals surface area contributed by atoms with Crippen LogP contribution in [0, 0.1) is 6.92 Å². The predicted octanol–water partition coefficient (Wildman–Crippen LogP) is 5.59. The van der Waals surface area contributed by atoms with Gasteiger partial charge in [-0.05, 0) is 104 Å². The smallest absolute Gasteiger partial charge is 0.253 e. The van der Waals surface area contributed by atoms with E-state index in [1.807, 2.05) is 55.1 Å². The van der Waals surface area contributed by atoms with Crippen molar-refractivity contribution in [1.29, 1.82) is 0 Å². The average molecular weight is 524 g/mol. The number of pyridine rings is 1. The number of rotatable bonds is 7. The molecule has 7 heteroatoms. The molecule has 0 atom stereocenters. The average Bonchev–Trinajstić information content (AvgIpc) is 3.35. The van der Waals surface area contributed by atoms with Crippen LogP contribution in [-0.4, -0.2) is 45.4 Å². The highest BCUT2D eigenvalue weighted by Crippen LogP contribution is 2.31. The molecule has 0 saturated carbocycles. The van der Waals surface area contributed by atoms with Gasteiger partial charge in [0.25, 0.3) is 5.91 Å². The number of hydrogen-bond donors (Lipinski definition) is 2. The molecule has 0 radical (unpaired) electrons. The summed E-state index contributed by atoms with van der Waals surface area (Å²) in [5.74, 6) is 1.22. The first-order chi connectivity index (χ1) is 18.7. The van der Waals surface area contributed by atoms with Gasteiger partial charge in [-0.15, -0.1) is 0 Å². The maximum atomic E-state index is 12.9. The number of anilines is 1. The number of furan rings is 1. The molecule has 2 aromatic heterocycles. The van der Waals surface area contributed by atoms with E-state index in [-0.39, 0.29) is 11.7 Å². The number of nitrogens with zero attached hydrogens (tertiary/aromatic N) is 2. The van der Waals surface area contributed by atoms with E-state index >= 15 is 0 Å². The fourth-order valence-electron chi connectivity index (χ4n) is 4.89. The molecule has 5 rings (SSSR count). The standard InChI is InChI=1S/C32H33N3O4/c1-21-17-25(23-5-7-24(8-6-23)31(37)35-15-13-32(2,38)14-16-35)18-26-19-28(39-30(21)26)11-10-27(36)9-3-22-4-12-29(33)34-20-22/h3-9,12,17-20,38H,10-11,13-16H2,1-2H3,(H2,33,34)/b9-3+. The number of nitrogen functional groups attached to an aromatic ring is 1. The molecule has 3 N–H and O–H groups in total. The van der Waals surface area contributed by atoms with E-state index in [2.05, 4.69) is 17.1 Å². The number of aromatic nitrogens is 1. The van der Waals surface area contributed by atoms with Crippen molar-refractivity contribution in [3.8, 4) is 11.1 Å². The summed E-state index contributed by atoms with van der Waals surface area (Å²) in [6.07, 6.45) is 6.96. The van der Waals surface area contributed by atoms with Crippen molar-refractivity contribution >= 4 is 34.6 Å². The minimum atomic E-state index is -0.688. The zero-order valence-corrected chi connectivity index (χ0v) is 22.3. The van der Waals surface area contributed by atoms with Crippen LogP contribution < -0.4 is 5.73 Å². The Bertz CT molecular complexity index is 1520. The quantitative estimate of drug-likeness (QED) is 0.306. The summed E-state index contributed by atoms with van der Waals surface area (Å²) in [4.78, 5) is 31.1. The minimum absolute atomic E-state index is 0.00214. The van der Waals surface area contributed by atoms with Gasteiger partial charge in [-0.1, -0.05) is 12.1 Å². The van der Waals surface area contributed by atoms with Crippen molar-refractivity contribution < 1.29 is 19.1 Å². The second-order valence-electron chi connectivity index (χ2n) is 10.6. The van der Waals surface area contributed by atoms with Crippen LogP contribution >= 0.6 is 0 Å². The molecule has 1 aliphatic rings. The molecular weight excluding hydrogens is 490 g/mol. The Hall–Kier alpha value is -4.23. The molecule has 0 bridgehead atoms. The third kappa shape index (κ3) is 6.26. The van der Waals surface area contributed by atoms with E-state index in [0.717, 1.165) is 39.0 Å². The summed E-state index contributed by atoms with van der Waals surface area (Å²) >= 11 is 0. The van der Waals surface area contributed by atoms with Crippen LogP contribution in [0.15, 0.2) is 71.3 Å². The second-order valence-corrected chi connectivity index (χ2v) is 10.6. The molecule has 200 valence electrons. The number of likely N-dealkylation sites (tertiary alicyclic amines) is 1. The van der Waals surface area contributed by atoms with Gasteiger partial charge in [-0.3, -0.25) is 9.59 Å². The van der Waals surface area contributed by atoms with Crippen LogP contribution in [0.25, 0.3) is 28.2 Å². The highest BCUT2D eigenvalue weighted by Gasteiger charge is 2.30. The van der Waals surface area contributed by atoms with Crippen LogP contribution in [-0.2, 0) is 11.2 Å². The number of aryl methyl sites for hydroxylation is 2. The summed E-state index contributed by atoms with van der Waals surface area (Å²) in [7, 11) is 0. The number of allylic oxidation sites excluding steroid dienone is 1. The lowest BCUT2D eigenvalue weighted by molar-refractivity contribution is -0.114. The molecule has 1 amide bonds. The van der Waals surface area contributed by atoms with Gasteiger partial charge in [0.05, 0.1) is 5.60 Å². The van der Waals surface area contributed by atoms with E-state index in [1.165, 1.54) is 0 Å². The van der Waals surface area contributed by atoms with E-state index in [9.17, 15) is 14.7 Å². The van der Waals surface area contributed by atoms with Crippen LogP contribution in [0.1, 0.15) is 53.4 Å². The number of piperidine rings is 1. The zero-order valence-electron chi connectivity index (χ0n) is 22.3. The van der Waals surface area contributed by atoms with Crippen molar-refractivity contribution in [2.75, 3.05) is 18.8 Å². The Morgan fingerprint density at radius 3 is 2.51 bits per heavy atom. The normalized spacial score (nSPS) is 15.2. The first-order valence-corrected chi connectivity index (χ1v) is 13.2. The number of fused-ring (bicyclic) bond motifs is 1. The van der Waals surface area contributed by atoms with E-state index in [4.69, 9.17) is 10.2 Å².